The quantitative estimate of drug-likeness (QED) is 0.375. The van der Waals surface area contributed by atoms with Crippen LogP contribution in [0.1, 0.15) is 10.4 Å². The standard InChI is InChI=1S/C7H7N3O6S/c8-4-2-5(10(13)14)6(17(9,15)16)1-3(4)7(11)12/h1-2H,8H2,(H,11,12)(H2,9,15,16). The summed E-state index contributed by atoms with van der Waals surface area (Å²) in [4.78, 5) is 19.4. The number of carboxylic acid groups (broad SMARTS) is 1. The van der Waals surface area contributed by atoms with Crippen LogP contribution < -0.4 is 10.9 Å². The van der Waals surface area contributed by atoms with Crippen LogP contribution in [0.15, 0.2) is 17.0 Å². The van der Waals surface area contributed by atoms with Crippen molar-refractivity contribution >= 4 is 27.4 Å². The molecule has 10 heteroatoms. The summed E-state index contributed by atoms with van der Waals surface area (Å²) in [5.74, 6) is -1.51. The van der Waals surface area contributed by atoms with Gasteiger partial charge in [-0.05, 0) is 6.07 Å². The molecule has 1 rings (SSSR count). The molecule has 0 amide bonds. The number of nitro groups is 1. The lowest BCUT2D eigenvalue weighted by atomic mass is 10.1. The maximum Gasteiger partial charge on any atom is 0.337 e. The van der Waals surface area contributed by atoms with Crippen LogP contribution in [0, 0.1) is 10.1 Å². The van der Waals surface area contributed by atoms with Gasteiger partial charge in [-0.1, -0.05) is 0 Å². The Hall–Kier alpha value is -2.20. The molecule has 0 saturated carbocycles. The number of rotatable bonds is 3. The monoisotopic (exact) mass is 261 g/mol. The SMILES string of the molecule is Nc1cc([N+](=O)[O-])c(S(N)(=O)=O)cc1C(=O)O. The molecule has 0 unspecified atom stereocenters. The molecule has 0 heterocycles. The van der Waals surface area contributed by atoms with Crippen LogP contribution in [0.5, 0.6) is 0 Å². The maximum atomic E-state index is 11.1. The van der Waals surface area contributed by atoms with E-state index in [1.807, 2.05) is 0 Å². The molecule has 0 aliphatic heterocycles. The van der Waals surface area contributed by atoms with E-state index in [0.717, 1.165) is 0 Å². The third-order valence-electron chi connectivity index (χ3n) is 1.86. The number of nitrogens with two attached hydrogens (primary N) is 2. The summed E-state index contributed by atoms with van der Waals surface area (Å²) in [6.45, 7) is 0. The van der Waals surface area contributed by atoms with Crippen LogP contribution in [0.25, 0.3) is 0 Å². The van der Waals surface area contributed by atoms with E-state index in [1.54, 1.807) is 0 Å². The molecule has 17 heavy (non-hydrogen) atoms. The Labute approximate surface area is 94.8 Å². The zero-order valence-corrected chi connectivity index (χ0v) is 8.97. The lowest BCUT2D eigenvalue weighted by Gasteiger charge is -2.05. The third kappa shape index (κ3) is 2.49. The molecule has 0 aliphatic rings. The fourth-order valence-corrected chi connectivity index (χ4v) is 1.85. The minimum atomic E-state index is -4.41. The van der Waals surface area contributed by atoms with Crippen molar-refractivity contribution in [2.75, 3.05) is 5.73 Å². The Morgan fingerprint density at radius 3 is 2.29 bits per heavy atom. The number of carbonyl (C=O) groups is 1. The Bertz CT molecular complexity index is 608. The number of aromatic carboxylic acids is 1. The number of carboxylic acids is 1. The van der Waals surface area contributed by atoms with Crippen molar-refractivity contribution < 1.29 is 23.2 Å². The fourth-order valence-electron chi connectivity index (χ4n) is 1.14. The van der Waals surface area contributed by atoms with Gasteiger partial charge in [0.1, 0.15) is 0 Å². The summed E-state index contributed by atoms with van der Waals surface area (Å²) in [5, 5.41) is 24.0. The van der Waals surface area contributed by atoms with Crippen molar-refractivity contribution in [2.45, 2.75) is 4.90 Å². The van der Waals surface area contributed by atoms with Gasteiger partial charge in [-0.15, -0.1) is 0 Å². The van der Waals surface area contributed by atoms with E-state index in [1.165, 1.54) is 0 Å². The number of sulfonamides is 1. The minimum absolute atomic E-state index is 0.420. The molecule has 0 spiro atoms. The van der Waals surface area contributed by atoms with Crippen molar-refractivity contribution in [3.05, 3.63) is 27.8 Å². The molecule has 5 N–H and O–H groups in total. The normalized spacial score (nSPS) is 11.1. The molecule has 1 aromatic carbocycles. The summed E-state index contributed by atoms with van der Waals surface area (Å²) < 4.78 is 22.2. The number of primary sulfonamides is 1. The summed E-state index contributed by atoms with van der Waals surface area (Å²) in [6, 6.07) is 1.20. The molecule has 0 atom stereocenters. The summed E-state index contributed by atoms with van der Waals surface area (Å²) in [5.41, 5.74) is 3.40. The molecule has 1 aromatic rings. The number of nitrogen functional groups attached to an aromatic ring is 1. The van der Waals surface area contributed by atoms with Gasteiger partial charge in [0.25, 0.3) is 5.69 Å². The smallest absolute Gasteiger partial charge is 0.337 e. The summed E-state index contributed by atoms with van der Waals surface area (Å²) in [6.07, 6.45) is 0. The minimum Gasteiger partial charge on any atom is -0.478 e. The Balaban J connectivity index is 3.72. The molecular formula is C7H7N3O6S. The number of anilines is 1. The van der Waals surface area contributed by atoms with Crippen molar-refractivity contribution in [1.29, 1.82) is 0 Å². The Kier molecular flexibility index (Phi) is 3.02. The van der Waals surface area contributed by atoms with E-state index in [-0.39, 0.29) is 0 Å². The van der Waals surface area contributed by atoms with E-state index in [0.29, 0.717) is 12.1 Å². The fraction of sp³-hybridized carbons (Fsp3) is 0. The highest BCUT2D eigenvalue weighted by molar-refractivity contribution is 7.89. The topological polar surface area (TPSA) is 167 Å². The van der Waals surface area contributed by atoms with E-state index in [2.05, 4.69) is 0 Å². The van der Waals surface area contributed by atoms with Gasteiger partial charge in [0.2, 0.25) is 10.0 Å². The molecule has 0 bridgehead atoms. The maximum absolute atomic E-state index is 11.1. The molecular weight excluding hydrogens is 254 g/mol. The average Bonchev–Trinajstić information content (AvgIpc) is 2.14. The highest BCUT2D eigenvalue weighted by atomic mass is 32.2. The van der Waals surface area contributed by atoms with Gasteiger partial charge in [0.15, 0.2) is 4.90 Å². The van der Waals surface area contributed by atoms with Gasteiger partial charge in [-0.25, -0.2) is 18.4 Å². The van der Waals surface area contributed by atoms with Crippen molar-refractivity contribution in [2.24, 2.45) is 5.14 Å². The van der Waals surface area contributed by atoms with Crippen LogP contribution in [0.4, 0.5) is 11.4 Å². The number of nitrogens with zero attached hydrogens (tertiary/aromatic N) is 1. The van der Waals surface area contributed by atoms with Crippen LogP contribution >= 0.6 is 0 Å². The first-order chi connectivity index (χ1) is 7.64. The number of hydrogen-bond acceptors (Lipinski definition) is 6. The van der Waals surface area contributed by atoms with Crippen molar-refractivity contribution in [1.82, 2.24) is 0 Å². The van der Waals surface area contributed by atoms with Crippen LogP contribution in [0.3, 0.4) is 0 Å². The van der Waals surface area contributed by atoms with E-state index < -0.39 is 42.7 Å². The summed E-state index contributed by atoms with van der Waals surface area (Å²) in [7, 11) is -4.41. The highest BCUT2D eigenvalue weighted by Gasteiger charge is 2.26. The molecule has 0 saturated heterocycles. The van der Waals surface area contributed by atoms with Crippen LogP contribution in [-0.2, 0) is 10.0 Å². The number of nitro benzene ring substituents is 1. The Morgan fingerprint density at radius 1 is 1.41 bits per heavy atom. The number of hydrogen-bond donors (Lipinski definition) is 3. The molecule has 0 radical (unpaired) electrons. The second-order valence-electron chi connectivity index (χ2n) is 3.01. The van der Waals surface area contributed by atoms with E-state index in [9.17, 15) is 23.3 Å². The second kappa shape index (κ2) is 3.99. The first-order valence-corrected chi connectivity index (χ1v) is 5.53. The van der Waals surface area contributed by atoms with E-state index >= 15 is 0 Å². The predicted molar refractivity (Wildman–Crippen MR) is 55.8 cm³/mol. The van der Waals surface area contributed by atoms with E-state index in [4.69, 9.17) is 16.0 Å². The molecule has 9 nitrogen and oxygen atoms in total. The van der Waals surface area contributed by atoms with Gasteiger partial charge >= 0.3 is 5.97 Å². The van der Waals surface area contributed by atoms with Gasteiger partial charge < -0.3 is 10.8 Å². The molecule has 0 aliphatic carbocycles. The zero-order chi connectivity index (χ0) is 13.4. The first kappa shape index (κ1) is 12.9. The lowest BCUT2D eigenvalue weighted by Crippen LogP contribution is -2.16. The first-order valence-electron chi connectivity index (χ1n) is 3.98. The van der Waals surface area contributed by atoms with Gasteiger partial charge in [-0.2, -0.15) is 0 Å². The third-order valence-corrected chi connectivity index (χ3v) is 2.80. The Morgan fingerprint density at radius 2 is 1.94 bits per heavy atom. The number of benzene rings is 1. The van der Waals surface area contributed by atoms with Gasteiger partial charge in [-0.3, -0.25) is 10.1 Å². The molecule has 0 fully saturated rings. The van der Waals surface area contributed by atoms with Crippen molar-refractivity contribution in [3.63, 3.8) is 0 Å². The van der Waals surface area contributed by atoms with Crippen LogP contribution in [0.2, 0.25) is 0 Å². The van der Waals surface area contributed by atoms with Gasteiger partial charge in [0, 0.05) is 6.07 Å². The zero-order valence-electron chi connectivity index (χ0n) is 8.15. The highest BCUT2D eigenvalue weighted by Crippen LogP contribution is 2.28. The molecule has 0 aromatic heterocycles. The van der Waals surface area contributed by atoms with Gasteiger partial charge in [0.05, 0.1) is 16.2 Å². The largest absolute Gasteiger partial charge is 0.478 e. The van der Waals surface area contributed by atoms with Crippen LogP contribution in [-0.4, -0.2) is 24.4 Å². The average molecular weight is 261 g/mol. The van der Waals surface area contributed by atoms with Crippen molar-refractivity contribution in [3.8, 4) is 0 Å². The second-order valence-corrected chi connectivity index (χ2v) is 4.54. The lowest BCUT2D eigenvalue weighted by molar-refractivity contribution is -0.387. The predicted octanol–water partition coefficient (Wildman–Crippen LogP) is -0.477. The molecule has 92 valence electrons. The summed E-state index contributed by atoms with van der Waals surface area (Å²) >= 11 is 0.